The highest BCUT2D eigenvalue weighted by Crippen LogP contribution is 2.23. The Labute approximate surface area is 105 Å². The van der Waals surface area contributed by atoms with E-state index in [4.69, 9.17) is 0 Å². The summed E-state index contributed by atoms with van der Waals surface area (Å²) in [5.74, 6) is -5.06. The number of halogens is 2. The number of carbonyl (C=O) groups is 1. The fourth-order valence-corrected chi connectivity index (χ4v) is 1.70. The molecule has 2 atom stereocenters. The van der Waals surface area contributed by atoms with Crippen molar-refractivity contribution in [3.8, 4) is 0 Å². The quantitative estimate of drug-likeness (QED) is 0.810. The van der Waals surface area contributed by atoms with Crippen molar-refractivity contribution in [2.45, 2.75) is 31.4 Å². The molecule has 0 fully saturated rings. The fraction of sp³-hybridized carbons (Fsp3) is 0.462. The van der Waals surface area contributed by atoms with Crippen molar-refractivity contribution in [1.82, 2.24) is 5.32 Å². The number of aliphatic hydroxyl groups is 1. The second-order valence-electron chi connectivity index (χ2n) is 4.21. The highest BCUT2D eigenvalue weighted by Gasteiger charge is 2.47. The smallest absolute Gasteiger partial charge is 0.331 e. The van der Waals surface area contributed by atoms with Crippen LogP contribution < -0.4 is 5.32 Å². The fourth-order valence-electron chi connectivity index (χ4n) is 1.70. The van der Waals surface area contributed by atoms with Gasteiger partial charge in [-0.2, -0.15) is 8.78 Å². The first-order valence-electron chi connectivity index (χ1n) is 5.67. The molecule has 0 spiro atoms. The lowest BCUT2D eigenvalue weighted by atomic mass is 9.95. The number of benzene rings is 1. The molecule has 0 radical (unpaired) electrons. The zero-order valence-electron chi connectivity index (χ0n) is 10.4. The van der Waals surface area contributed by atoms with Crippen LogP contribution in [0.25, 0.3) is 0 Å². The number of aliphatic hydroxyl groups excluding tert-OH is 1. The van der Waals surface area contributed by atoms with E-state index in [0.29, 0.717) is 0 Å². The molecule has 0 aliphatic carbocycles. The molecule has 3 nitrogen and oxygen atoms in total. The molecule has 0 amide bonds. The lowest BCUT2D eigenvalue weighted by Crippen LogP contribution is -2.52. The lowest BCUT2D eigenvalue weighted by Gasteiger charge is -2.27. The van der Waals surface area contributed by atoms with Crippen molar-refractivity contribution < 1.29 is 18.7 Å². The SMILES string of the molecule is CN[C@@H](Cc1ccccc1)C(O)C(F)(F)C(C)=O. The van der Waals surface area contributed by atoms with E-state index in [1.807, 2.05) is 6.07 Å². The van der Waals surface area contributed by atoms with E-state index in [9.17, 15) is 18.7 Å². The first-order valence-corrected chi connectivity index (χ1v) is 5.67. The molecule has 0 saturated carbocycles. The minimum atomic E-state index is -3.73. The summed E-state index contributed by atoms with van der Waals surface area (Å²) < 4.78 is 26.9. The molecular weight excluding hydrogens is 240 g/mol. The van der Waals surface area contributed by atoms with Crippen LogP contribution in [0.3, 0.4) is 0 Å². The van der Waals surface area contributed by atoms with Gasteiger partial charge in [0.25, 0.3) is 0 Å². The summed E-state index contributed by atoms with van der Waals surface area (Å²) in [6.45, 7) is 0.776. The second kappa shape index (κ2) is 6.02. The minimum Gasteiger partial charge on any atom is -0.385 e. The first-order chi connectivity index (χ1) is 8.39. The number of rotatable bonds is 6. The van der Waals surface area contributed by atoms with Crippen molar-refractivity contribution >= 4 is 5.78 Å². The van der Waals surface area contributed by atoms with Gasteiger partial charge in [0.05, 0.1) is 0 Å². The summed E-state index contributed by atoms with van der Waals surface area (Å²) in [6, 6.07) is 8.07. The van der Waals surface area contributed by atoms with E-state index in [0.717, 1.165) is 12.5 Å². The molecule has 0 saturated heterocycles. The Bertz CT molecular complexity index is 395. The predicted molar refractivity (Wildman–Crippen MR) is 64.6 cm³/mol. The predicted octanol–water partition coefficient (Wildman–Crippen LogP) is 1.40. The van der Waals surface area contributed by atoms with E-state index in [-0.39, 0.29) is 6.42 Å². The van der Waals surface area contributed by atoms with E-state index < -0.39 is 23.9 Å². The van der Waals surface area contributed by atoms with Crippen LogP contribution in [0.1, 0.15) is 12.5 Å². The Balaban J connectivity index is 2.81. The standard InChI is InChI=1S/C13H17F2NO2/c1-9(17)13(14,15)12(18)11(16-2)8-10-6-4-3-5-7-10/h3-7,11-12,16,18H,8H2,1-2H3/t11-,12?/m0/s1. The molecule has 0 aliphatic heterocycles. The summed E-state index contributed by atoms with van der Waals surface area (Å²) in [4.78, 5) is 10.8. The molecule has 1 unspecified atom stereocenters. The summed E-state index contributed by atoms with van der Waals surface area (Å²) in [5, 5.41) is 12.3. The van der Waals surface area contributed by atoms with Gasteiger partial charge in [-0.25, -0.2) is 0 Å². The molecule has 100 valence electrons. The Morgan fingerprint density at radius 3 is 2.39 bits per heavy atom. The van der Waals surface area contributed by atoms with Crippen LogP contribution in [0, 0.1) is 0 Å². The van der Waals surface area contributed by atoms with Gasteiger partial charge in [0.2, 0.25) is 5.78 Å². The normalized spacial score (nSPS) is 15.2. The first kappa shape index (κ1) is 14.7. The van der Waals surface area contributed by atoms with Gasteiger partial charge in [-0.15, -0.1) is 0 Å². The highest BCUT2D eigenvalue weighted by molar-refractivity contribution is 5.83. The molecular formula is C13H17F2NO2. The largest absolute Gasteiger partial charge is 0.385 e. The van der Waals surface area contributed by atoms with Crippen molar-refractivity contribution in [1.29, 1.82) is 0 Å². The third kappa shape index (κ3) is 3.34. The molecule has 0 aliphatic rings. The Hall–Kier alpha value is -1.33. The number of hydrogen-bond acceptors (Lipinski definition) is 3. The Kier molecular flexibility index (Phi) is 4.93. The van der Waals surface area contributed by atoms with Crippen LogP contribution in [0.4, 0.5) is 8.78 Å². The van der Waals surface area contributed by atoms with Crippen LogP contribution in [0.5, 0.6) is 0 Å². The third-order valence-electron chi connectivity index (χ3n) is 2.89. The molecule has 1 aromatic rings. The van der Waals surface area contributed by atoms with Crippen LogP contribution in [-0.2, 0) is 11.2 Å². The van der Waals surface area contributed by atoms with Gasteiger partial charge in [-0.05, 0) is 19.0 Å². The van der Waals surface area contributed by atoms with E-state index in [1.54, 1.807) is 24.3 Å². The monoisotopic (exact) mass is 257 g/mol. The average Bonchev–Trinajstić information content (AvgIpc) is 2.36. The number of nitrogens with one attached hydrogen (secondary N) is 1. The number of alkyl halides is 2. The van der Waals surface area contributed by atoms with Crippen molar-refractivity contribution in [3.63, 3.8) is 0 Å². The maximum absolute atomic E-state index is 13.4. The summed E-state index contributed by atoms with van der Waals surface area (Å²) in [6.07, 6.45) is -1.82. The molecule has 2 N–H and O–H groups in total. The lowest BCUT2D eigenvalue weighted by molar-refractivity contribution is -0.161. The molecule has 0 heterocycles. The third-order valence-corrected chi connectivity index (χ3v) is 2.89. The van der Waals surface area contributed by atoms with Crippen LogP contribution in [-0.4, -0.2) is 36.0 Å². The molecule has 1 aromatic carbocycles. The van der Waals surface area contributed by atoms with Crippen molar-refractivity contribution in [2.24, 2.45) is 0 Å². The topological polar surface area (TPSA) is 49.3 Å². The maximum Gasteiger partial charge on any atom is 0.331 e. The van der Waals surface area contributed by atoms with Gasteiger partial charge in [0.1, 0.15) is 6.10 Å². The molecule has 0 aromatic heterocycles. The summed E-state index contributed by atoms with van der Waals surface area (Å²) >= 11 is 0. The number of Topliss-reactive ketones (excluding diaryl/α,β-unsaturated/α-hetero) is 1. The molecule has 1 rings (SSSR count). The summed E-state index contributed by atoms with van der Waals surface area (Å²) in [5.41, 5.74) is 0.815. The van der Waals surface area contributed by atoms with Crippen molar-refractivity contribution in [2.75, 3.05) is 7.05 Å². The number of carbonyl (C=O) groups excluding carboxylic acids is 1. The van der Waals surface area contributed by atoms with Crippen LogP contribution in [0.15, 0.2) is 30.3 Å². The zero-order valence-corrected chi connectivity index (χ0v) is 10.4. The number of ketones is 1. The number of hydrogen-bond donors (Lipinski definition) is 2. The molecule has 5 heteroatoms. The van der Waals surface area contributed by atoms with Crippen LogP contribution in [0.2, 0.25) is 0 Å². The van der Waals surface area contributed by atoms with Crippen LogP contribution >= 0.6 is 0 Å². The summed E-state index contributed by atoms with van der Waals surface area (Å²) in [7, 11) is 1.48. The van der Waals surface area contributed by atoms with Crippen molar-refractivity contribution in [3.05, 3.63) is 35.9 Å². The average molecular weight is 257 g/mol. The van der Waals surface area contributed by atoms with Gasteiger partial charge < -0.3 is 10.4 Å². The van der Waals surface area contributed by atoms with Gasteiger partial charge in [-0.1, -0.05) is 30.3 Å². The van der Waals surface area contributed by atoms with Gasteiger partial charge >= 0.3 is 5.92 Å². The van der Waals surface area contributed by atoms with E-state index in [1.165, 1.54) is 7.05 Å². The second-order valence-corrected chi connectivity index (χ2v) is 4.21. The Morgan fingerprint density at radius 2 is 1.94 bits per heavy atom. The zero-order chi connectivity index (χ0) is 13.8. The maximum atomic E-state index is 13.4. The highest BCUT2D eigenvalue weighted by atomic mass is 19.3. The van der Waals surface area contributed by atoms with Gasteiger partial charge in [-0.3, -0.25) is 4.79 Å². The van der Waals surface area contributed by atoms with Gasteiger partial charge in [0, 0.05) is 13.0 Å². The van der Waals surface area contributed by atoms with Gasteiger partial charge in [0.15, 0.2) is 0 Å². The molecule has 0 bridgehead atoms. The number of likely N-dealkylation sites (N-methyl/N-ethyl adjacent to an activating group) is 1. The molecule has 18 heavy (non-hydrogen) atoms. The Morgan fingerprint density at radius 1 is 1.39 bits per heavy atom. The minimum absolute atomic E-state index is 0.224. The van der Waals surface area contributed by atoms with E-state index >= 15 is 0 Å². The van der Waals surface area contributed by atoms with E-state index in [2.05, 4.69) is 5.32 Å².